The fourth-order valence-corrected chi connectivity index (χ4v) is 2.58. The molecule has 26 heavy (non-hydrogen) atoms. The van der Waals surface area contributed by atoms with Gasteiger partial charge >= 0.3 is 6.18 Å². The van der Waals surface area contributed by atoms with Gasteiger partial charge in [-0.05, 0) is 41.0 Å². The van der Waals surface area contributed by atoms with E-state index in [0.29, 0.717) is 5.69 Å². The van der Waals surface area contributed by atoms with Gasteiger partial charge in [0.2, 0.25) is 5.91 Å². The van der Waals surface area contributed by atoms with Crippen molar-refractivity contribution in [3.8, 4) is 11.1 Å². The Balaban J connectivity index is 1.61. The molecular weight excluding hydrogens is 339 g/mol. The van der Waals surface area contributed by atoms with E-state index in [4.69, 9.17) is 0 Å². The molecule has 3 aromatic carbocycles. The van der Waals surface area contributed by atoms with Gasteiger partial charge in [0.15, 0.2) is 0 Å². The lowest BCUT2D eigenvalue weighted by Crippen LogP contribution is -2.14. The van der Waals surface area contributed by atoms with E-state index in [1.54, 1.807) is 0 Å². The smallest absolute Gasteiger partial charge is 0.326 e. The quantitative estimate of drug-likeness (QED) is 0.653. The predicted octanol–water partition coefficient (Wildman–Crippen LogP) is 5.55. The van der Waals surface area contributed by atoms with Crippen molar-refractivity contribution in [3.05, 3.63) is 90.0 Å². The second-order valence-corrected chi connectivity index (χ2v) is 5.86. The van der Waals surface area contributed by atoms with Crippen LogP contribution in [0.3, 0.4) is 0 Å². The molecule has 0 spiro atoms. The SMILES string of the molecule is O=C(Cc1ccc(-c2ccccc2)cc1)Nc1ccc(C(F)(F)F)cc1. The van der Waals surface area contributed by atoms with Gasteiger partial charge < -0.3 is 5.32 Å². The van der Waals surface area contributed by atoms with Crippen molar-refractivity contribution in [2.24, 2.45) is 0 Å². The highest BCUT2D eigenvalue weighted by Crippen LogP contribution is 2.29. The highest BCUT2D eigenvalue weighted by atomic mass is 19.4. The lowest BCUT2D eigenvalue weighted by molar-refractivity contribution is -0.137. The van der Waals surface area contributed by atoms with Crippen LogP contribution in [0.25, 0.3) is 11.1 Å². The number of amides is 1. The van der Waals surface area contributed by atoms with E-state index in [9.17, 15) is 18.0 Å². The molecule has 3 rings (SSSR count). The van der Waals surface area contributed by atoms with Crippen LogP contribution < -0.4 is 5.32 Å². The van der Waals surface area contributed by atoms with Crippen molar-refractivity contribution < 1.29 is 18.0 Å². The van der Waals surface area contributed by atoms with Gasteiger partial charge in [0, 0.05) is 5.69 Å². The summed E-state index contributed by atoms with van der Waals surface area (Å²) in [6.07, 6.45) is -4.24. The van der Waals surface area contributed by atoms with Gasteiger partial charge in [0.05, 0.1) is 12.0 Å². The number of hydrogen-bond donors (Lipinski definition) is 1. The van der Waals surface area contributed by atoms with Crippen LogP contribution in [0, 0.1) is 0 Å². The summed E-state index contributed by atoms with van der Waals surface area (Å²) in [4.78, 5) is 12.1. The van der Waals surface area contributed by atoms with Crippen LogP contribution in [0.1, 0.15) is 11.1 Å². The number of alkyl halides is 3. The number of hydrogen-bond acceptors (Lipinski definition) is 1. The van der Waals surface area contributed by atoms with E-state index in [1.807, 2.05) is 54.6 Å². The molecule has 0 bridgehead atoms. The molecule has 0 aliphatic rings. The maximum Gasteiger partial charge on any atom is 0.416 e. The molecule has 0 saturated heterocycles. The molecule has 1 amide bonds. The number of nitrogens with one attached hydrogen (secondary N) is 1. The Morgan fingerprint density at radius 1 is 0.769 bits per heavy atom. The zero-order valence-electron chi connectivity index (χ0n) is 13.8. The number of halogens is 3. The summed E-state index contributed by atoms with van der Waals surface area (Å²) in [5.74, 6) is -0.280. The zero-order chi connectivity index (χ0) is 18.6. The van der Waals surface area contributed by atoms with Gasteiger partial charge in [-0.1, -0.05) is 54.6 Å². The molecule has 0 radical (unpaired) electrons. The highest BCUT2D eigenvalue weighted by molar-refractivity contribution is 5.92. The Hall–Kier alpha value is -3.08. The monoisotopic (exact) mass is 355 g/mol. The van der Waals surface area contributed by atoms with Crippen LogP contribution in [0.4, 0.5) is 18.9 Å². The third kappa shape index (κ3) is 4.51. The van der Waals surface area contributed by atoms with Crippen LogP contribution in [-0.4, -0.2) is 5.91 Å². The summed E-state index contributed by atoms with van der Waals surface area (Å²) in [6, 6.07) is 21.9. The lowest BCUT2D eigenvalue weighted by atomic mass is 10.0. The van der Waals surface area contributed by atoms with Gasteiger partial charge in [-0.25, -0.2) is 0 Å². The van der Waals surface area contributed by atoms with E-state index >= 15 is 0 Å². The van der Waals surface area contributed by atoms with Crippen molar-refractivity contribution in [3.63, 3.8) is 0 Å². The fourth-order valence-electron chi connectivity index (χ4n) is 2.58. The van der Waals surface area contributed by atoms with Crippen LogP contribution in [0.15, 0.2) is 78.9 Å². The second kappa shape index (κ2) is 7.44. The van der Waals surface area contributed by atoms with Crippen molar-refractivity contribution in [1.82, 2.24) is 0 Å². The Bertz CT molecular complexity index is 870. The van der Waals surface area contributed by atoms with Crippen molar-refractivity contribution >= 4 is 11.6 Å². The van der Waals surface area contributed by atoms with Gasteiger partial charge in [-0.15, -0.1) is 0 Å². The molecule has 0 aliphatic carbocycles. The molecule has 5 heteroatoms. The van der Waals surface area contributed by atoms with E-state index in [0.717, 1.165) is 28.8 Å². The standard InChI is InChI=1S/C21H16F3NO/c22-21(23,24)18-10-12-19(13-11-18)25-20(26)14-15-6-8-17(9-7-15)16-4-2-1-3-5-16/h1-13H,14H2,(H,25,26). The molecule has 132 valence electrons. The van der Waals surface area contributed by atoms with Crippen LogP contribution in [-0.2, 0) is 17.4 Å². The minimum atomic E-state index is -4.39. The third-order valence-corrected chi connectivity index (χ3v) is 3.92. The maximum absolute atomic E-state index is 12.5. The fraction of sp³-hybridized carbons (Fsp3) is 0.0952. The summed E-state index contributed by atoms with van der Waals surface area (Å²) in [5.41, 5.74) is 2.57. The van der Waals surface area contributed by atoms with Gasteiger partial charge in [-0.3, -0.25) is 4.79 Å². The first-order valence-electron chi connectivity index (χ1n) is 8.03. The summed E-state index contributed by atoms with van der Waals surface area (Å²) in [5, 5.41) is 2.61. The molecule has 0 saturated carbocycles. The molecule has 0 fully saturated rings. The minimum absolute atomic E-state index is 0.149. The summed E-state index contributed by atoms with van der Waals surface area (Å²) >= 11 is 0. The summed E-state index contributed by atoms with van der Waals surface area (Å²) in [6.45, 7) is 0. The first kappa shape index (κ1) is 17.7. The minimum Gasteiger partial charge on any atom is -0.326 e. The third-order valence-electron chi connectivity index (χ3n) is 3.92. The number of benzene rings is 3. The molecule has 2 nitrogen and oxygen atoms in total. The second-order valence-electron chi connectivity index (χ2n) is 5.86. The van der Waals surface area contributed by atoms with E-state index < -0.39 is 11.7 Å². The Labute approximate surface area is 149 Å². The first-order valence-corrected chi connectivity index (χ1v) is 8.03. The molecule has 0 atom stereocenters. The van der Waals surface area contributed by atoms with Crippen LogP contribution >= 0.6 is 0 Å². The molecule has 0 unspecified atom stereocenters. The largest absolute Gasteiger partial charge is 0.416 e. The van der Waals surface area contributed by atoms with Crippen molar-refractivity contribution in [1.29, 1.82) is 0 Å². The van der Waals surface area contributed by atoms with E-state index in [-0.39, 0.29) is 12.3 Å². The van der Waals surface area contributed by atoms with Gasteiger partial charge in [0.1, 0.15) is 0 Å². The lowest BCUT2D eigenvalue weighted by Gasteiger charge is -2.09. The maximum atomic E-state index is 12.5. The van der Waals surface area contributed by atoms with Crippen molar-refractivity contribution in [2.75, 3.05) is 5.32 Å². The first-order chi connectivity index (χ1) is 12.4. The average molecular weight is 355 g/mol. The number of rotatable bonds is 4. The van der Waals surface area contributed by atoms with Gasteiger partial charge in [-0.2, -0.15) is 13.2 Å². The molecular formula is C21H16F3NO. The average Bonchev–Trinajstić information content (AvgIpc) is 2.63. The van der Waals surface area contributed by atoms with E-state index in [1.165, 1.54) is 12.1 Å². The van der Waals surface area contributed by atoms with Crippen LogP contribution in [0.2, 0.25) is 0 Å². The predicted molar refractivity (Wildman–Crippen MR) is 95.7 cm³/mol. The van der Waals surface area contributed by atoms with E-state index in [2.05, 4.69) is 5.32 Å². The molecule has 0 heterocycles. The molecule has 3 aromatic rings. The number of carbonyl (C=O) groups is 1. The number of carbonyl (C=O) groups excluding carboxylic acids is 1. The Morgan fingerprint density at radius 2 is 1.35 bits per heavy atom. The molecule has 0 aromatic heterocycles. The topological polar surface area (TPSA) is 29.1 Å². The number of anilines is 1. The summed E-state index contributed by atoms with van der Waals surface area (Å²) in [7, 11) is 0. The van der Waals surface area contributed by atoms with Crippen molar-refractivity contribution in [2.45, 2.75) is 12.6 Å². The zero-order valence-corrected chi connectivity index (χ0v) is 13.8. The summed E-state index contributed by atoms with van der Waals surface area (Å²) < 4.78 is 37.6. The van der Waals surface area contributed by atoms with Gasteiger partial charge in [0.25, 0.3) is 0 Å². The Morgan fingerprint density at radius 3 is 1.92 bits per heavy atom. The van der Waals surface area contributed by atoms with Crippen LogP contribution in [0.5, 0.6) is 0 Å². The Kier molecular flexibility index (Phi) is 5.07. The normalized spacial score (nSPS) is 11.2. The highest BCUT2D eigenvalue weighted by Gasteiger charge is 2.29. The molecule has 1 N–H and O–H groups in total. The molecule has 0 aliphatic heterocycles.